The third-order valence-corrected chi connectivity index (χ3v) is 5.81. The summed E-state index contributed by atoms with van der Waals surface area (Å²) in [7, 11) is 0. The Hall–Kier alpha value is -0.890. The molecule has 0 saturated heterocycles. The van der Waals surface area contributed by atoms with E-state index in [0.717, 1.165) is 24.6 Å². The van der Waals surface area contributed by atoms with E-state index in [9.17, 15) is 9.59 Å². The first-order chi connectivity index (χ1) is 9.06. The van der Waals surface area contributed by atoms with Crippen molar-refractivity contribution < 1.29 is 9.90 Å². The molecule has 1 heterocycles. The second kappa shape index (κ2) is 6.04. The lowest BCUT2D eigenvalue weighted by Crippen LogP contribution is -2.32. The van der Waals surface area contributed by atoms with Crippen molar-refractivity contribution in [2.45, 2.75) is 42.1 Å². The smallest absolute Gasteiger partial charge is 0.344 e. The summed E-state index contributed by atoms with van der Waals surface area (Å²) in [5.74, 6) is -0.997. The van der Waals surface area contributed by atoms with Gasteiger partial charge in [-0.25, -0.2) is 9.89 Å². The van der Waals surface area contributed by atoms with Crippen LogP contribution in [0.15, 0.2) is 9.95 Å². The first kappa shape index (κ1) is 14.5. The van der Waals surface area contributed by atoms with Crippen LogP contribution in [0.5, 0.6) is 0 Å². The first-order valence-electron chi connectivity index (χ1n) is 6.11. The molecule has 0 atom stereocenters. The molecule has 1 aliphatic carbocycles. The molecule has 1 saturated carbocycles. The zero-order chi connectivity index (χ0) is 13.9. The van der Waals surface area contributed by atoms with Gasteiger partial charge in [-0.15, -0.1) is 5.10 Å². The molecule has 6 nitrogen and oxygen atoms in total. The van der Waals surface area contributed by atoms with Crippen LogP contribution in [-0.4, -0.2) is 42.6 Å². The van der Waals surface area contributed by atoms with Crippen LogP contribution in [0.4, 0.5) is 0 Å². The van der Waals surface area contributed by atoms with E-state index in [2.05, 4.69) is 16.5 Å². The number of thioether (sulfide) groups is 2. The van der Waals surface area contributed by atoms with E-state index in [-0.39, 0.29) is 16.2 Å². The Morgan fingerprint density at radius 3 is 2.79 bits per heavy atom. The number of nitrogens with zero attached hydrogens (tertiary/aromatic N) is 2. The van der Waals surface area contributed by atoms with Gasteiger partial charge in [-0.2, -0.15) is 11.8 Å². The van der Waals surface area contributed by atoms with Crippen LogP contribution >= 0.6 is 23.5 Å². The monoisotopic (exact) mass is 303 g/mol. The fourth-order valence-electron chi connectivity index (χ4n) is 2.41. The van der Waals surface area contributed by atoms with Crippen LogP contribution in [-0.2, 0) is 11.3 Å². The molecule has 1 aliphatic rings. The molecule has 0 radical (unpaired) electrons. The predicted molar refractivity (Wildman–Crippen MR) is 75.9 cm³/mol. The predicted octanol–water partition coefficient (Wildman–Crippen LogP) is 1.42. The molecule has 2 rings (SSSR count). The number of aromatic amines is 1. The zero-order valence-electron chi connectivity index (χ0n) is 10.7. The van der Waals surface area contributed by atoms with Gasteiger partial charge in [-0.3, -0.25) is 9.36 Å². The summed E-state index contributed by atoms with van der Waals surface area (Å²) < 4.78 is 1.67. The molecule has 8 heteroatoms. The number of carboxylic acid groups (broad SMARTS) is 1. The van der Waals surface area contributed by atoms with Crippen molar-refractivity contribution in [2.24, 2.45) is 0 Å². The molecular weight excluding hydrogens is 286 g/mol. The Balaban J connectivity index is 2.16. The maximum atomic E-state index is 11.8. The van der Waals surface area contributed by atoms with Crippen LogP contribution in [0, 0.1) is 0 Å². The van der Waals surface area contributed by atoms with Crippen molar-refractivity contribution in [1.82, 2.24) is 14.8 Å². The average molecular weight is 303 g/mol. The van der Waals surface area contributed by atoms with Gasteiger partial charge < -0.3 is 5.11 Å². The molecule has 1 aromatic rings. The number of hydrogen-bond acceptors (Lipinski definition) is 5. The highest BCUT2D eigenvalue weighted by Crippen LogP contribution is 2.41. The standard InChI is InChI=1S/C11H17N3O3S2/c1-18-11(4-2-3-5-11)7-14-9(17)12-13-10(14)19-6-8(15)16/h2-7H2,1H3,(H,12,17)(H,15,16). The normalized spacial score (nSPS) is 17.7. The molecule has 0 spiro atoms. The molecule has 1 aromatic heterocycles. The molecule has 0 aliphatic heterocycles. The Labute approximate surface area is 119 Å². The van der Waals surface area contributed by atoms with Crippen LogP contribution in [0.1, 0.15) is 25.7 Å². The van der Waals surface area contributed by atoms with Crippen molar-refractivity contribution in [3.63, 3.8) is 0 Å². The van der Waals surface area contributed by atoms with Gasteiger partial charge in [-0.05, 0) is 19.1 Å². The average Bonchev–Trinajstić information content (AvgIpc) is 2.97. The minimum Gasteiger partial charge on any atom is -0.481 e. The summed E-state index contributed by atoms with van der Waals surface area (Å²) in [5.41, 5.74) is -0.256. The number of aliphatic carboxylic acids is 1. The lowest BCUT2D eigenvalue weighted by molar-refractivity contribution is -0.133. The number of carbonyl (C=O) groups is 1. The molecule has 106 valence electrons. The van der Waals surface area contributed by atoms with E-state index in [1.54, 1.807) is 16.3 Å². The summed E-state index contributed by atoms with van der Waals surface area (Å²) in [4.78, 5) is 22.4. The number of carboxylic acids is 1. The van der Waals surface area contributed by atoms with Gasteiger partial charge in [0.25, 0.3) is 0 Å². The molecule has 0 aromatic carbocycles. The minimum absolute atomic E-state index is 0.0867. The number of H-pyrrole nitrogens is 1. The van der Waals surface area contributed by atoms with Gasteiger partial charge in [0.1, 0.15) is 0 Å². The summed E-state index contributed by atoms with van der Waals surface area (Å²) in [6.45, 7) is 0.603. The first-order valence-corrected chi connectivity index (χ1v) is 8.32. The Morgan fingerprint density at radius 1 is 1.53 bits per heavy atom. The van der Waals surface area contributed by atoms with Crippen LogP contribution in [0.2, 0.25) is 0 Å². The fraction of sp³-hybridized carbons (Fsp3) is 0.727. The maximum Gasteiger partial charge on any atom is 0.344 e. The largest absolute Gasteiger partial charge is 0.481 e. The topological polar surface area (TPSA) is 88.0 Å². The molecule has 19 heavy (non-hydrogen) atoms. The Kier molecular flexibility index (Phi) is 4.62. The van der Waals surface area contributed by atoms with Gasteiger partial charge in [-0.1, -0.05) is 24.6 Å². The molecule has 1 fully saturated rings. The number of nitrogens with one attached hydrogen (secondary N) is 1. The lowest BCUT2D eigenvalue weighted by Gasteiger charge is -2.26. The van der Waals surface area contributed by atoms with Gasteiger partial charge in [0.05, 0.1) is 5.75 Å². The van der Waals surface area contributed by atoms with Gasteiger partial charge in [0.2, 0.25) is 0 Å². The lowest BCUT2D eigenvalue weighted by atomic mass is 10.1. The second-order valence-corrected chi connectivity index (χ2v) is 6.89. The zero-order valence-corrected chi connectivity index (χ0v) is 12.4. The second-order valence-electron chi connectivity index (χ2n) is 4.67. The van der Waals surface area contributed by atoms with Crippen molar-refractivity contribution in [2.75, 3.05) is 12.0 Å². The minimum atomic E-state index is -0.910. The number of hydrogen-bond donors (Lipinski definition) is 2. The van der Waals surface area contributed by atoms with Crippen LogP contribution < -0.4 is 5.69 Å². The van der Waals surface area contributed by atoms with Crippen molar-refractivity contribution in [3.8, 4) is 0 Å². The van der Waals surface area contributed by atoms with E-state index in [1.165, 1.54) is 12.8 Å². The van der Waals surface area contributed by atoms with E-state index < -0.39 is 5.97 Å². The third-order valence-electron chi connectivity index (χ3n) is 3.44. The van der Waals surface area contributed by atoms with E-state index in [1.807, 2.05) is 0 Å². The van der Waals surface area contributed by atoms with Crippen LogP contribution in [0.25, 0.3) is 0 Å². The van der Waals surface area contributed by atoms with E-state index >= 15 is 0 Å². The Bertz CT molecular complexity index is 506. The molecule has 2 N–H and O–H groups in total. The summed E-state index contributed by atoms with van der Waals surface area (Å²) in [6, 6.07) is 0. The van der Waals surface area contributed by atoms with E-state index in [0.29, 0.717) is 11.7 Å². The van der Waals surface area contributed by atoms with Crippen molar-refractivity contribution in [3.05, 3.63) is 10.5 Å². The summed E-state index contributed by atoms with van der Waals surface area (Å²) in [6.07, 6.45) is 6.63. The van der Waals surface area contributed by atoms with Gasteiger partial charge in [0.15, 0.2) is 5.16 Å². The SMILES string of the molecule is CSC1(Cn2c(SCC(=O)O)n[nH]c2=O)CCCC1. The number of rotatable bonds is 6. The molecule has 0 bridgehead atoms. The summed E-state index contributed by atoms with van der Waals surface area (Å²) >= 11 is 2.87. The number of aromatic nitrogens is 3. The maximum absolute atomic E-state index is 11.8. The van der Waals surface area contributed by atoms with E-state index in [4.69, 9.17) is 5.11 Å². The molecule has 0 amide bonds. The van der Waals surface area contributed by atoms with Crippen molar-refractivity contribution in [1.29, 1.82) is 0 Å². The fourth-order valence-corrected chi connectivity index (χ4v) is 4.03. The van der Waals surface area contributed by atoms with Crippen LogP contribution in [0.3, 0.4) is 0 Å². The highest BCUT2D eigenvalue weighted by Gasteiger charge is 2.34. The quantitative estimate of drug-likeness (QED) is 0.773. The Morgan fingerprint density at radius 2 is 2.21 bits per heavy atom. The summed E-state index contributed by atoms with van der Waals surface area (Å²) in [5, 5.41) is 15.5. The van der Waals surface area contributed by atoms with Gasteiger partial charge in [0, 0.05) is 11.3 Å². The highest BCUT2D eigenvalue weighted by atomic mass is 32.2. The molecule has 0 unspecified atom stereocenters. The van der Waals surface area contributed by atoms with Crippen molar-refractivity contribution >= 4 is 29.5 Å². The highest BCUT2D eigenvalue weighted by molar-refractivity contribution is 8.00. The van der Waals surface area contributed by atoms with Gasteiger partial charge >= 0.3 is 11.7 Å². The molecular formula is C11H17N3O3S2. The third kappa shape index (κ3) is 3.36.